The number of carbonyl (C=O) groups excluding carboxylic acids is 1. The number of alkyl halides is 3. The van der Waals surface area contributed by atoms with Crippen molar-refractivity contribution in [3.63, 3.8) is 0 Å². The number of ether oxygens (including phenoxy) is 1. The van der Waals surface area contributed by atoms with E-state index in [-0.39, 0.29) is 18.7 Å². The van der Waals surface area contributed by atoms with Gasteiger partial charge in [0.1, 0.15) is 5.75 Å². The summed E-state index contributed by atoms with van der Waals surface area (Å²) in [5.74, 6) is -0.143. The van der Waals surface area contributed by atoms with Crippen molar-refractivity contribution in [1.82, 2.24) is 4.90 Å². The molecule has 0 aliphatic heterocycles. The summed E-state index contributed by atoms with van der Waals surface area (Å²) >= 11 is 1.44. The molecule has 0 bridgehead atoms. The molecule has 7 heteroatoms. The Morgan fingerprint density at radius 1 is 1.00 bits per heavy atom. The van der Waals surface area contributed by atoms with Gasteiger partial charge >= 0.3 is 6.18 Å². The second-order valence-corrected chi connectivity index (χ2v) is 7.54. The molecule has 1 amide bonds. The van der Waals surface area contributed by atoms with Gasteiger partial charge in [0.25, 0.3) is 0 Å². The molecule has 3 aromatic rings. The first-order valence-corrected chi connectivity index (χ1v) is 10.0. The summed E-state index contributed by atoms with van der Waals surface area (Å²) in [5, 5.41) is 1.86. The molecule has 0 fully saturated rings. The van der Waals surface area contributed by atoms with Gasteiger partial charge in [0, 0.05) is 23.1 Å². The van der Waals surface area contributed by atoms with Crippen molar-refractivity contribution in [3.8, 4) is 5.75 Å². The average Bonchev–Trinajstić information content (AvgIpc) is 3.24. The Balaban J connectivity index is 1.97. The Hall–Kier alpha value is -3.06. The van der Waals surface area contributed by atoms with E-state index in [0.717, 1.165) is 4.88 Å². The van der Waals surface area contributed by atoms with Crippen LogP contribution in [0.2, 0.25) is 0 Å². The highest BCUT2D eigenvalue weighted by atomic mass is 32.1. The van der Waals surface area contributed by atoms with Gasteiger partial charge in [0.15, 0.2) is 0 Å². The van der Waals surface area contributed by atoms with Crippen molar-refractivity contribution >= 4 is 22.8 Å². The highest BCUT2D eigenvalue weighted by Gasteiger charge is 2.35. The number of halogens is 3. The quantitative estimate of drug-likeness (QED) is 0.434. The smallest absolute Gasteiger partial charge is 0.417 e. The summed E-state index contributed by atoms with van der Waals surface area (Å²) < 4.78 is 46.4. The lowest BCUT2D eigenvalue weighted by atomic mass is 10.0. The van der Waals surface area contributed by atoms with Crippen LogP contribution in [0.15, 0.2) is 78.2 Å². The molecule has 1 aromatic heterocycles. The van der Waals surface area contributed by atoms with E-state index in [2.05, 4.69) is 0 Å². The van der Waals surface area contributed by atoms with Crippen molar-refractivity contribution in [2.45, 2.75) is 19.3 Å². The number of para-hydroxylation sites is 1. The third-order valence-electron chi connectivity index (χ3n) is 4.45. The molecular weight excluding hydrogens is 411 g/mol. The van der Waals surface area contributed by atoms with Crippen LogP contribution in [0.3, 0.4) is 0 Å². The standard InChI is InChI=1S/C23H20F3NO2S/c1-29-21-12-6-5-10-18(21)15-27(16-19-11-7-13-30-19)22(28)14-20(23(24,25)26)17-8-3-2-4-9-17/h2-14H,15-16H2,1H3/b20-14-. The minimum absolute atomic E-state index is 0.0493. The van der Waals surface area contributed by atoms with Gasteiger partial charge in [0.2, 0.25) is 5.91 Å². The fourth-order valence-corrected chi connectivity index (χ4v) is 3.72. The molecule has 2 aromatic carbocycles. The monoisotopic (exact) mass is 431 g/mol. The first-order valence-electron chi connectivity index (χ1n) is 9.16. The zero-order chi connectivity index (χ0) is 21.6. The van der Waals surface area contributed by atoms with Gasteiger partial charge in [-0.25, -0.2) is 0 Å². The SMILES string of the molecule is COc1ccccc1CN(Cc1cccs1)C(=O)/C=C(/c1ccccc1)C(F)(F)F. The Labute approximate surface area is 177 Å². The van der Waals surface area contributed by atoms with E-state index in [1.807, 2.05) is 17.5 Å². The lowest BCUT2D eigenvalue weighted by Crippen LogP contribution is -2.29. The van der Waals surface area contributed by atoms with Crippen molar-refractivity contribution in [1.29, 1.82) is 0 Å². The van der Waals surface area contributed by atoms with Crippen LogP contribution in [-0.2, 0) is 17.9 Å². The minimum Gasteiger partial charge on any atom is -0.496 e. The molecule has 0 aliphatic rings. The third-order valence-corrected chi connectivity index (χ3v) is 5.31. The second-order valence-electron chi connectivity index (χ2n) is 6.51. The summed E-state index contributed by atoms with van der Waals surface area (Å²) in [7, 11) is 1.52. The number of benzene rings is 2. The average molecular weight is 431 g/mol. The highest BCUT2D eigenvalue weighted by molar-refractivity contribution is 7.09. The van der Waals surface area contributed by atoms with Crippen LogP contribution in [0.4, 0.5) is 13.2 Å². The molecule has 0 spiro atoms. The van der Waals surface area contributed by atoms with Crippen LogP contribution in [0, 0.1) is 0 Å². The Morgan fingerprint density at radius 2 is 1.70 bits per heavy atom. The van der Waals surface area contributed by atoms with Crippen molar-refractivity contribution < 1.29 is 22.7 Å². The summed E-state index contributed by atoms with van der Waals surface area (Å²) in [6.45, 7) is 0.322. The van der Waals surface area contributed by atoms with E-state index in [0.29, 0.717) is 17.4 Å². The summed E-state index contributed by atoms with van der Waals surface area (Å²) in [6.07, 6.45) is -3.98. The molecule has 3 rings (SSSR count). The predicted octanol–water partition coefficient (Wildman–Crippen LogP) is 5.93. The fourth-order valence-electron chi connectivity index (χ4n) is 3.00. The van der Waals surface area contributed by atoms with Gasteiger partial charge in [-0.15, -0.1) is 11.3 Å². The number of thiophene rings is 1. The number of carbonyl (C=O) groups is 1. The van der Waals surface area contributed by atoms with Crippen LogP contribution < -0.4 is 4.74 Å². The third kappa shape index (κ3) is 5.51. The fraction of sp³-hybridized carbons (Fsp3) is 0.174. The Kier molecular flexibility index (Phi) is 6.95. The van der Waals surface area contributed by atoms with Crippen LogP contribution in [0.25, 0.3) is 5.57 Å². The number of amides is 1. The van der Waals surface area contributed by atoms with Gasteiger partial charge in [-0.05, 0) is 23.1 Å². The molecule has 3 nitrogen and oxygen atoms in total. The number of hydrogen-bond donors (Lipinski definition) is 0. The van der Waals surface area contributed by atoms with Crippen LogP contribution in [-0.4, -0.2) is 24.1 Å². The normalized spacial score (nSPS) is 11.9. The number of methoxy groups -OCH3 is 1. The number of nitrogens with zero attached hydrogens (tertiary/aromatic N) is 1. The number of hydrogen-bond acceptors (Lipinski definition) is 3. The predicted molar refractivity (Wildman–Crippen MR) is 112 cm³/mol. The van der Waals surface area contributed by atoms with E-state index in [1.165, 1.54) is 47.6 Å². The lowest BCUT2D eigenvalue weighted by molar-refractivity contribution is -0.127. The second kappa shape index (κ2) is 9.63. The zero-order valence-electron chi connectivity index (χ0n) is 16.2. The number of rotatable bonds is 7. The maximum Gasteiger partial charge on any atom is 0.417 e. The maximum absolute atomic E-state index is 13.7. The molecular formula is C23H20F3NO2S. The van der Waals surface area contributed by atoms with E-state index in [4.69, 9.17) is 4.74 Å². The molecule has 0 aliphatic carbocycles. The Bertz CT molecular complexity index is 999. The first-order chi connectivity index (χ1) is 14.4. The largest absolute Gasteiger partial charge is 0.496 e. The summed E-state index contributed by atoms with van der Waals surface area (Å²) in [4.78, 5) is 15.3. The minimum atomic E-state index is -4.66. The van der Waals surface area contributed by atoms with Gasteiger partial charge in [-0.3, -0.25) is 4.79 Å². The van der Waals surface area contributed by atoms with Gasteiger partial charge in [-0.1, -0.05) is 54.6 Å². The topological polar surface area (TPSA) is 29.5 Å². The van der Waals surface area contributed by atoms with E-state index >= 15 is 0 Å². The van der Waals surface area contributed by atoms with E-state index < -0.39 is 17.7 Å². The molecule has 156 valence electrons. The first kappa shape index (κ1) is 21.6. The molecule has 0 unspecified atom stereocenters. The molecule has 30 heavy (non-hydrogen) atoms. The maximum atomic E-state index is 13.7. The van der Waals surface area contributed by atoms with Crippen molar-refractivity contribution in [3.05, 3.63) is 94.2 Å². The zero-order valence-corrected chi connectivity index (χ0v) is 17.0. The molecule has 0 radical (unpaired) electrons. The van der Waals surface area contributed by atoms with Gasteiger partial charge in [-0.2, -0.15) is 13.2 Å². The Morgan fingerprint density at radius 3 is 2.33 bits per heavy atom. The summed E-state index contributed by atoms with van der Waals surface area (Å²) in [5.41, 5.74) is -0.303. The van der Waals surface area contributed by atoms with E-state index in [9.17, 15) is 18.0 Å². The summed E-state index contributed by atoms with van der Waals surface area (Å²) in [6, 6.07) is 18.2. The van der Waals surface area contributed by atoms with Crippen LogP contribution in [0.5, 0.6) is 5.75 Å². The molecule has 0 saturated carbocycles. The van der Waals surface area contributed by atoms with Crippen LogP contribution in [0.1, 0.15) is 16.0 Å². The molecule has 0 saturated heterocycles. The molecule has 1 heterocycles. The van der Waals surface area contributed by atoms with Gasteiger partial charge in [0.05, 0.1) is 19.2 Å². The van der Waals surface area contributed by atoms with Crippen molar-refractivity contribution in [2.24, 2.45) is 0 Å². The van der Waals surface area contributed by atoms with E-state index in [1.54, 1.807) is 30.3 Å². The van der Waals surface area contributed by atoms with Crippen molar-refractivity contribution in [2.75, 3.05) is 7.11 Å². The van der Waals surface area contributed by atoms with Gasteiger partial charge < -0.3 is 9.64 Å². The van der Waals surface area contributed by atoms with Crippen LogP contribution >= 0.6 is 11.3 Å². The highest BCUT2D eigenvalue weighted by Crippen LogP contribution is 2.34. The molecule has 0 N–H and O–H groups in total. The lowest BCUT2D eigenvalue weighted by Gasteiger charge is -2.23. The molecule has 0 atom stereocenters. The number of allylic oxidation sites excluding steroid dienone is 1.